The normalized spacial score (nSPS) is 11.1. The zero-order valence-electron chi connectivity index (χ0n) is 19.2. The van der Waals surface area contributed by atoms with E-state index in [0.29, 0.717) is 10.6 Å². The molecule has 172 valence electrons. The zero-order chi connectivity index (χ0) is 24.1. The molecule has 0 radical (unpaired) electrons. The molecule has 0 amide bonds. The quantitative estimate of drug-likeness (QED) is 0.189. The summed E-state index contributed by atoms with van der Waals surface area (Å²) in [6.45, 7) is 0. The van der Waals surface area contributed by atoms with Crippen LogP contribution in [0.5, 0.6) is 0 Å². The smallest absolute Gasteiger partial charge is 0.350 e. The molecule has 0 N–H and O–H groups in total. The highest BCUT2D eigenvalue weighted by Crippen LogP contribution is 2.53. The van der Waals surface area contributed by atoms with Crippen molar-refractivity contribution in [3.8, 4) is 11.1 Å². The second-order valence-corrected chi connectivity index (χ2v) is 11.8. The predicted molar refractivity (Wildman–Crippen MR) is 148 cm³/mol. The molecule has 0 spiro atoms. The lowest BCUT2D eigenvalue weighted by molar-refractivity contribution is 0.0607. The van der Waals surface area contributed by atoms with Gasteiger partial charge in [0.25, 0.3) is 0 Å². The predicted octanol–water partition coefficient (Wildman–Crippen LogP) is 7.01. The summed E-state index contributed by atoms with van der Waals surface area (Å²) in [4.78, 5) is 13.4. The number of benzene rings is 4. The first-order valence-corrected chi connectivity index (χ1v) is 13.9. The summed E-state index contributed by atoms with van der Waals surface area (Å²) in [5.41, 5.74) is 2.63. The minimum atomic E-state index is -2.54. The molecular weight excluding hydrogens is 469 g/mol. The Morgan fingerprint density at radius 1 is 0.686 bits per heavy atom. The molecule has 35 heavy (non-hydrogen) atoms. The Balaban J connectivity index is 1.95. The van der Waals surface area contributed by atoms with Gasteiger partial charge in [-0.05, 0) is 5.56 Å². The Labute approximate surface area is 209 Å². The third-order valence-corrected chi connectivity index (χ3v) is 10.4. The van der Waals surface area contributed by atoms with Gasteiger partial charge in [-0.1, -0.05) is 121 Å². The number of nitrogens with zero attached hydrogens (tertiary/aromatic N) is 1. The molecule has 4 aromatic carbocycles. The van der Waals surface area contributed by atoms with Gasteiger partial charge in [-0.2, -0.15) is 0 Å². The number of carbonyl (C=O) groups is 1. The van der Waals surface area contributed by atoms with E-state index < -0.39 is 7.05 Å². The van der Waals surface area contributed by atoms with Gasteiger partial charge < -0.3 is 4.74 Å². The van der Waals surface area contributed by atoms with Gasteiger partial charge in [0.2, 0.25) is 0 Å². The second kappa shape index (κ2) is 10.3. The van der Waals surface area contributed by atoms with Crippen molar-refractivity contribution in [1.82, 2.24) is 0 Å². The molecule has 0 aliphatic heterocycles. The van der Waals surface area contributed by atoms with Crippen LogP contribution in [0.2, 0.25) is 0 Å². The summed E-state index contributed by atoms with van der Waals surface area (Å²) >= 11 is 1.38. The summed E-state index contributed by atoms with van der Waals surface area (Å²) in [5, 5.41) is 5.38. The van der Waals surface area contributed by atoms with E-state index in [1.165, 1.54) is 18.4 Å². The van der Waals surface area contributed by atoms with E-state index in [0.717, 1.165) is 27.0 Å². The molecule has 5 heteroatoms. The minimum absolute atomic E-state index is 0.372. The first-order chi connectivity index (χ1) is 17.2. The van der Waals surface area contributed by atoms with Gasteiger partial charge in [-0.3, -0.25) is 4.74 Å². The Bertz CT molecular complexity index is 1380. The van der Waals surface area contributed by atoms with E-state index in [1.54, 1.807) is 0 Å². The van der Waals surface area contributed by atoms with Crippen molar-refractivity contribution < 1.29 is 9.53 Å². The number of hydrogen-bond acceptors (Lipinski definition) is 4. The molecule has 3 nitrogen and oxygen atoms in total. The second-order valence-electron chi connectivity index (χ2n) is 7.93. The van der Waals surface area contributed by atoms with Crippen molar-refractivity contribution in [2.75, 3.05) is 7.11 Å². The lowest BCUT2D eigenvalue weighted by Gasteiger charge is -2.27. The molecule has 0 aliphatic carbocycles. The third-order valence-electron chi connectivity index (χ3n) is 5.86. The fourth-order valence-corrected chi connectivity index (χ4v) is 8.77. The number of esters is 1. The highest BCUT2D eigenvalue weighted by molar-refractivity contribution is 7.87. The molecule has 5 aromatic rings. The Morgan fingerprint density at radius 2 is 1.11 bits per heavy atom. The van der Waals surface area contributed by atoms with Gasteiger partial charge in [-0.15, -0.1) is 11.3 Å². The van der Waals surface area contributed by atoms with Crippen LogP contribution < -0.4 is 15.9 Å². The fourth-order valence-electron chi connectivity index (χ4n) is 4.21. The van der Waals surface area contributed by atoms with E-state index in [1.807, 2.05) is 41.8 Å². The van der Waals surface area contributed by atoms with Crippen LogP contribution in [-0.4, -0.2) is 13.1 Å². The summed E-state index contributed by atoms with van der Waals surface area (Å²) < 4.78 is 10.8. The molecular formula is C30H24NO2PS. The van der Waals surface area contributed by atoms with Crippen LogP contribution in [0, 0.1) is 0 Å². The molecule has 5 rings (SSSR count). The fraction of sp³-hybridized carbons (Fsp3) is 0.0333. The molecule has 0 saturated carbocycles. The first kappa shape index (κ1) is 23.0. The molecule has 0 aliphatic rings. The van der Waals surface area contributed by atoms with E-state index in [9.17, 15) is 4.79 Å². The van der Waals surface area contributed by atoms with Gasteiger partial charge in [0.1, 0.15) is 4.88 Å². The number of rotatable bonds is 6. The maximum atomic E-state index is 12.9. The molecule has 0 atom stereocenters. The van der Waals surface area contributed by atoms with Crippen molar-refractivity contribution in [3.05, 3.63) is 132 Å². The maximum Gasteiger partial charge on any atom is 0.350 e. The lowest BCUT2D eigenvalue weighted by atomic mass is 10.1. The van der Waals surface area contributed by atoms with Gasteiger partial charge >= 0.3 is 5.97 Å². The maximum absolute atomic E-state index is 12.9. The largest absolute Gasteiger partial charge is 0.465 e. The molecule has 1 heterocycles. The molecule has 0 fully saturated rings. The summed E-state index contributed by atoms with van der Waals surface area (Å²) in [5.74, 6) is -0.372. The van der Waals surface area contributed by atoms with Gasteiger partial charge in [0.15, 0.2) is 0 Å². The molecule has 0 saturated heterocycles. The topological polar surface area (TPSA) is 38.7 Å². The van der Waals surface area contributed by atoms with Crippen molar-refractivity contribution in [2.24, 2.45) is 4.74 Å². The minimum Gasteiger partial charge on any atom is -0.465 e. The SMILES string of the molecule is COC(=O)c1scc(-c2ccccc2)c1N=P(c1ccccc1)(c1ccccc1)c1ccccc1. The van der Waals surface area contributed by atoms with Crippen LogP contribution in [0.1, 0.15) is 9.67 Å². The van der Waals surface area contributed by atoms with Crippen LogP contribution in [-0.2, 0) is 4.74 Å². The van der Waals surface area contributed by atoms with E-state index in [-0.39, 0.29) is 5.97 Å². The van der Waals surface area contributed by atoms with Crippen molar-refractivity contribution >= 4 is 46.0 Å². The molecule has 0 bridgehead atoms. The van der Waals surface area contributed by atoms with Crippen LogP contribution in [0.4, 0.5) is 5.69 Å². The van der Waals surface area contributed by atoms with Crippen LogP contribution in [0.25, 0.3) is 11.1 Å². The summed E-state index contributed by atoms with van der Waals surface area (Å²) in [6, 6.07) is 41.3. The van der Waals surface area contributed by atoms with E-state index in [2.05, 4.69) is 84.9 Å². The number of carbonyl (C=O) groups excluding carboxylic acids is 1. The van der Waals surface area contributed by atoms with Crippen LogP contribution >= 0.6 is 18.4 Å². The molecule has 0 unspecified atom stereocenters. The summed E-state index contributed by atoms with van der Waals surface area (Å²) in [6.07, 6.45) is 0. The first-order valence-electron chi connectivity index (χ1n) is 11.3. The standard InChI is InChI=1S/C30H24NO2PS/c1-33-30(32)29-28(27(22-35-29)23-14-6-2-7-15-23)31-34(24-16-8-3-9-17-24,25-18-10-4-11-19-25)26-20-12-5-13-21-26/h2-22H,1H3. The van der Waals surface area contributed by atoms with Crippen molar-refractivity contribution in [3.63, 3.8) is 0 Å². The monoisotopic (exact) mass is 493 g/mol. The summed E-state index contributed by atoms with van der Waals surface area (Å²) in [7, 11) is -1.12. The van der Waals surface area contributed by atoms with Gasteiger partial charge in [0.05, 0.1) is 19.9 Å². The van der Waals surface area contributed by atoms with Gasteiger partial charge in [0, 0.05) is 26.9 Å². The Kier molecular flexibility index (Phi) is 6.76. The van der Waals surface area contributed by atoms with Crippen LogP contribution in [0.15, 0.2) is 131 Å². The highest BCUT2D eigenvalue weighted by atomic mass is 32.1. The van der Waals surface area contributed by atoms with Crippen LogP contribution in [0.3, 0.4) is 0 Å². The average molecular weight is 494 g/mol. The third kappa shape index (κ3) is 4.39. The number of ether oxygens (including phenoxy) is 1. The average Bonchev–Trinajstić information content (AvgIpc) is 3.36. The van der Waals surface area contributed by atoms with Crippen molar-refractivity contribution in [2.45, 2.75) is 0 Å². The van der Waals surface area contributed by atoms with E-state index >= 15 is 0 Å². The number of methoxy groups -OCH3 is 1. The highest BCUT2D eigenvalue weighted by Gasteiger charge is 2.30. The van der Waals surface area contributed by atoms with E-state index in [4.69, 9.17) is 9.48 Å². The lowest BCUT2D eigenvalue weighted by Crippen LogP contribution is -2.25. The van der Waals surface area contributed by atoms with Crippen molar-refractivity contribution in [1.29, 1.82) is 0 Å². The number of thiophene rings is 1. The van der Waals surface area contributed by atoms with Gasteiger partial charge in [-0.25, -0.2) is 4.79 Å². The molecule has 1 aromatic heterocycles. The number of hydrogen-bond donors (Lipinski definition) is 0. The Morgan fingerprint density at radius 3 is 1.54 bits per heavy atom. The zero-order valence-corrected chi connectivity index (χ0v) is 21.0. The Hall–Kier alpha value is -3.72.